The normalized spacial score (nSPS) is 15.7. The Balaban J connectivity index is 1.58. The summed E-state index contributed by atoms with van der Waals surface area (Å²) >= 11 is 7.76. The number of thiophene rings is 1. The van der Waals surface area contributed by atoms with Crippen LogP contribution in [-0.2, 0) is 27.8 Å². The van der Waals surface area contributed by atoms with Gasteiger partial charge in [-0.05, 0) is 48.6 Å². The smallest absolute Gasteiger partial charge is 0.240 e. The van der Waals surface area contributed by atoms with E-state index in [1.54, 1.807) is 29.5 Å². The van der Waals surface area contributed by atoms with E-state index in [1.807, 2.05) is 0 Å². The number of hydrogen-bond donors (Lipinski definition) is 1. The highest BCUT2D eigenvalue weighted by atomic mass is 35.5. The van der Waals surface area contributed by atoms with Gasteiger partial charge in [-0.2, -0.15) is 0 Å². The van der Waals surface area contributed by atoms with E-state index in [4.69, 9.17) is 11.6 Å². The Morgan fingerprint density at radius 1 is 1.39 bits per heavy atom. The molecule has 1 amide bonds. The van der Waals surface area contributed by atoms with Crippen LogP contribution in [0.1, 0.15) is 17.4 Å². The quantitative estimate of drug-likeness (QED) is 0.717. The summed E-state index contributed by atoms with van der Waals surface area (Å²) in [7, 11) is -3.61. The van der Waals surface area contributed by atoms with E-state index in [0.29, 0.717) is 17.3 Å². The lowest BCUT2D eigenvalue weighted by Crippen LogP contribution is -2.47. The van der Waals surface area contributed by atoms with Crippen LogP contribution in [0.3, 0.4) is 0 Å². The van der Waals surface area contributed by atoms with Gasteiger partial charge in [-0.25, -0.2) is 8.42 Å². The molecule has 152 valence electrons. The van der Waals surface area contributed by atoms with Crippen LogP contribution < -0.4 is 9.62 Å². The summed E-state index contributed by atoms with van der Waals surface area (Å²) in [5.74, 6) is -0.342. The van der Waals surface area contributed by atoms with Crippen LogP contribution in [0.5, 0.6) is 0 Å². The first-order valence-electron chi connectivity index (χ1n) is 9.03. The van der Waals surface area contributed by atoms with Crippen molar-refractivity contribution in [3.05, 3.63) is 51.2 Å². The molecule has 9 heteroatoms. The first kappa shape index (κ1) is 21.1. The molecule has 1 N–H and O–H groups in total. The summed E-state index contributed by atoms with van der Waals surface area (Å²) in [6.45, 7) is 4.10. The third-order valence-corrected chi connectivity index (χ3v) is 7.24. The van der Waals surface area contributed by atoms with Crippen molar-refractivity contribution in [1.29, 1.82) is 0 Å². The molecule has 0 radical (unpaired) electrons. The molecule has 1 unspecified atom stereocenters. The van der Waals surface area contributed by atoms with E-state index in [1.165, 1.54) is 16.5 Å². The highest BCUT2D eigenvalue weighted by Gasteiger charge is 2.24. The van der Waals surface area contributed by atoms with Crippen LogP contribution in [0.25, 0.3) is 0 Å². The molecule has 0 spiro atoms. The van der Waals surface area contributed by atoms with Gasteiger partial charge >= 0.3 is 0 Å². The summed E-state index contributed by atoms with van der Waals surface area (Å²) in [4.78, 5) is 16.2. The second kappa shape index (κ2) is 8.82. The molecule has 2 aromatic rings. The molecular weight excluding hydrogens is 418 g/mol. The number of nitrogens with one attached hydrogen (secondary N) is 1. The Labute approximate surface area is 175 Å². The van der Waals surface area contributed by atoms with Crippen molar-refractivity contribution in [3.8, 4) is 0 Å². The lowest BCUT2D eigenvalue weighted by atomic mass is 10.1. The SMILES string of the molecule is CC(CNC(=O)CN(c1cccc(Cl)c1)S(C)(=O)=O)N1CCc2sccc2C1. The minimum absolute atomic E-state index is 0.162. The predicted molar refractivity (Wildman–Crippen MR) is 115 cm³/mol. The first-order chi connectivity index (χ1) is 13.2. The van der Waals surface area contributed by atoms with E-state index in [2.05, 4.69) is 28.6 Å². The predicted octanol–water partition coefficient (Wildman–Crippen LogP) is 2.73. The molecule has 0 bridgehead atoms. The molecule has 1 aliphatic rings. The standard InChI is InChI=1S/C19H24ClN3O3S2/c1-14(22-8-6-18-15(12-22)7-9-27-18)11-21-19(24)13-23(28(2,25)26)17-5-3-4-16(20)10-17/h3-5,7,9-10,14H,6,8,11-13H2,1-2H3,(H,21,24). The molecule has 1 atom stereocenters. The second-order valence-electron chi connectivity index (χ2n) is 6.99. The monoisotopic (exact) mass is 441 g/mol. The summed E-state index contributed by atoms with van der Waals surface area (Å²) in [5, 5.41) is 5.40. The number of rotatable bonds is 7. The first-order valence-corrected chi connectivity index (χ1v) is 12.1. The van der Waals surface area contributed by atoms with Crippen molar-refractivity contribution in [2.75, 3.05) is 30.2 Å². The number of hydrogen-bond acceptors (Lipinski definition) is 5. The second-order valence-corrected chi connectivity index (χ2v) is 10.3. The molecule has 0 saturated carbocycles. The van der Waals surface area contributed by atoms with E-state index < -0.39 is 10.0 Å². The number of halogens is 1. The van der Waals surface area contributed by atoms with Gasteiger partial charge in [-0.15, -0.1) is 11.3 Å². The Bertz CT molecular complexity index is 945. The van der Waals surface area contributed by atoms with Gasteiger partial charge in [0, 0.05) is 35.6 Å². The molecule has 1 aromatic carbocycles. The number of carbonyl (C=O) groups is 1. The van der Waals surface area contributed by atoms with Crippen LogP contribution in [0.15, 0.2) is 35.7 Å². The Morgan fingerprint density at radius 2 is 2.18 bits per heavy atom. The van der Waals surface area contributed by atoms with Gasteiger partial charge in [0.05, 0.1) is 11.9 Å². The maximum atomic E-state index is 12.4. The Kier molecular flexibility index (Phi) is 6.65. The molecule has 28 heavy (non-hydrogen) atoms. The minimum Gasteiger partial charge on any atom is -0.353 e. The summed E-state index contributed by atoms with van der Waals surface area (Å²) in [6.07, 6.45) is 2.11. The van der Waals surface area contributed by atoms with Gasteiger partial charge in [0.1, 0.15) is 6.54 Å². The maximum absolute atomic E-state index is 12.4. The van der Waals surface area contributed by atoms with Gasteiger partial charge < -0.3 is 5.32 Å². The average molecular weight is 442 g/mol. The third kappa shape index (κ3) is 5.26. The van der Waals surface area contributed by atoms with Gasteiger partial charge in [-0.3, -0.25) is 14.0 Å². The molecule has 0 aliphatic carbocycles. The maximum Gasteiger partial charge on any atom is 0.240 e. The van der Waals surface area contributed by atoms with Crippen LogP contribution in [0, 0.1) is 0 Å². The van der Waals surface area contributed by atoms with Crippen LogP contribution in [0.4, 0.5) is 5.69 Å². The molecule has 3 rings (SSSR count). The molecule has 1 aromatic heterocycles. The van der Waals surface area contributed by atoms with Crippen LogP contribution in [0.2, 0.25) is 5.02 Å². The molecular formula is C19H24ClN3O3S2. The van der Waals surface area contributed by atoms with Crippen molar-refractivity contribution >= 4 is 44.6 Å². The number of amides is 1. The fourth-order valence-electron chi connectivity index (χ4n) is 3.25. The average Bonchev–Trinajstić information content (AvgIpc) is 3.11. The third-order valence-electron chi connectivity index (χ3n) is 4.84. The zero-order valence-corrected chi connectivity index (χ0v) is 18.3. The molecule has 6 nitrogen and oxygen atoms in total. The van der Waals surface area contributed by atoms with E-state index >= 15 is 0 Å². The Morgan fingerprint density at radius 3 is 2.89 bits per heavy atom. The van der Waals surface area contributed by atoms with Crippen molar-refractivity contribution in [2.45, 2.75) is 25.9 Å². The number of benzene rings is 1. The summed E-state index contributed by atoms with van der Waals surface area (Å²) in [6, 6.07) is 8.79. The zero-order valence-electron chi connectivity index (χ0n) is 15.9. The Hall–Kier alpha value is -1.61. The van der Waals surface area contributed by atoms with E-state index in [9.17, 15) is 13.2 Å². The molecule has 0 fully saturated rings. The summed E-state index contributed by atoms with van der Waals surface area (Å²) in [5.41, 5.74) is 1.73. The minimum atomic E-state index is -3.61. The van der Waals surface area contributed by atoms with Crippen molar-refractivity contribution in [3.63, 3.8) is 0 Å². The number of carbonyl (C=O) groups excluding carboxylic acids is 1. The number of fused-ring (bicyclic) bond motifs is 1. The topological polar surface area (TPSA) is 69.7 Å². The van der Waals surface area contributed by atoms with Crippen molar-refractivity contribution in [1.82, 2.24) is 10.2 Å². The summed E-state index contributed by atoms with van der Waals surface area (Å²) < 4.78 is 25.4. The van der Waals surface area contributed by atoms with Gasteiger partial charge in [-0.1, -0.05) is 17.7 Å². The van der Waals surface area contributed by atoms with Crippen molar-refractivity contribution < 1.29 is 13.2 Å². The zero-order chi connectivity index (χ0) is 20.3. The van der Waals surface area contributed by atoms with Crippen molar-refractivity contribution in [2.24, 2.45) is 0 Å². The lowest BCUT2D eigenvalue weighted by molar-refractivity contribution is -0.119. The highest BCUT2D eigenvalue weighted by molar-refractivity contribution is 7.92. The van der Waals surface area contributed by atoms with E-state index in [-0.39, 0.29) is 18.5 Å². The lowest BCUT2D eigenvalue weighted by Gasteiger charge is -2.32. The molecule has 1 aliphatic heterocycles. The number of sulfonamides is 1. The number of anilines is 1. The van der Waals surface area contributed by atoms with E-state index in [0.717, 1.165) is 30.1 Å². The molecule has 2 heterocycles. The van der Waals surface area contributed by atoms with Crippen LogP contribution >= 0.6 is 22.9 Å². The molecule has 0 saturated heterocycles. The van der Waals surface area contributed by atoms with Gasteiger partial charge in [0.25, 0.3) is 0 Å². The largest absolute Gasteiger partial charge is 0.353 e. The highest BCUT2D eigenvalue weighted by Crippen LogP contribution is 2.25. The van der Waals surface area contributed by atoms with Gasteiger partial charge in [0.2, 0.25) is 15.9 Å². The van der Waals surface area contributed by atoms with Crippen LogP contribution in [-0.4, -0.2) is 51.2 Å². The fourth-order valence-corrected chi connectivity index (χ4v) is 5.18. The number of nitrogens with zero attached hydrogens (tertiary/aromatic N) is 2. The fraction of sp³-hybridized carbons (Fsp3) is 0.421. The van der Waals surface area contributed by atoms with Gasteiger partial charge in [0.15, 0.2) is 0 Å².